The predicted octanol–water partition coefficient (Wildman–Crippen LogP) is 5.10. The van der Waals surface area contributed by atoms with Crippen molar-refractivity contribution in [2.45, 2.75) is 49.8 Å². The van der Waals surface area contributed by atoms with E-state index in [1.807, 2.05) is 0 Å². The summed E-state index contributed by atoms with van der Waals surface area (Å²) in [5.41, 5.74) is 7.43. The second kappa shape index (κ2) is 16.5. The first-order valence-electron chi connectivity index (χ1n) is 15.1. The number of rotatable bonds is 14. The number of alkyl carbamates (subject to hydrolysis) is 1. The van der Waals surface area contributed by atoms with Crippen LogP contribution in [0.5, 0.6) is 5.75 Å². The number of halogens is 5. The second-order valence-corrected chi connectivity index (χ2v) is 11.1. The smallest absolute Gasteiger partial charge is 0.407 e. The van der Waals surface area contributed by atoms with E-state index in [4.69, 9.17) is 19.9 Å². The van der Waals surface area contributed by atoms with Gasteiger partial charge in [0.2, 0.25) is 5.91 Å². The molecule has 0 bridgehead atoms. The molecule has 3 unspecified atom stereocenters. The fraction of sp³-hybridized carbons (Fsp3) is 0.394. The standard InChI is InChI=1S/C33H37F5N4O5/c1-2-14-33(37,38)19-41-32(44)47-17-24-16-45-25(15-40-24)18-46-30-26(36)4-3-5-27(30)42-31(43)29(39)28(20-6-10-22(34)11-7-20)21-8-12-23(35)13-9-21/h3-13,24-25,28-29,40H,2,14-19,39H2,1H3,(H,41,44)(H,42,43). The highest BCUT2D eigenvalue weighted by molar-refractivity contribution is 5.97. The molecule has 3 aromatic rings. The van der Waals surface area contributed by atoms with E-state index in [-0.39, 0.29) is 50.6 Å². The van der Waals surface area contributed by atoms with E-state index in [0.717, 1.165) is 6.07 Å². The number of amides is 2. The van der Waals surface area contributed by atoms with E-state index in [0.29, 0.717) is 11.1 Å². The summed E-state index contributed by atoms with van der Waals surface area (Å²) < 4.78 is 85.8. The van der Waals surface area contributed by atoms with E-state index in [2.05, 4.69) is 16.0 Å². The van der Waals surface area contributed by atoms with Gasteiger partial charge in [-0.15, -0.1) is 0 Å². The van der Waals surface area contributed by atoms with Crippen molar-refractivity contribution in [3.63, 3.8) is 0 Å². The average Bonchev–Trinajstić information content (AvgIpc) is 3.05. The van der Waals surface area contributed by atoms with Gasteiger partial charge in [0.15, 0.2) is 11.6 Å². The Morgan fingerprint density at radius 2 is 1.64 bits per heavy atom. The number of anilines is 1. The number of carbonyl (C=O) groups is 2. The number of benzene rings is 3. The molecule has 1 aliphatic rings. The van der Waals surface area contributed by atoms with E-state index < -0.39 is 66.0 Å². The number of nitrogens with two attached hydrogens (primary N) is 1. The molecule has 0 aliphatic carbocycles. The Hall–Kier alpha value is -4.27. The molecule has 1 heterocycles. The highest BCUT2D eigenvalue weighted by atomic mass is 19.3. The Morgan fingerprint density at radius 3 is 2.21 bits per heavy atom. The lowest BCUT2D eigenvalue weighted by Crippen LogP contribution is -2.51. The Balaban J connectivity index is 1.32. The van der Waals surface area contributed by atoms with Crippen LogP contribution in [-0.2, 0) is 14.3 Å². The van der Waals surface area contributed by atoms with Gasteiger partial charge in [0.05, 0.1) is 30.9 Å². The van der Waals surface area contributed by atoms with Crippen LogP contribution in [0.15, 0.2) is 66.7 Å². The van der Waals surface area contributed by atoms with E-state index in [9.17, 15) is 31.5 Å². The quantitative estimate of drug-likeness (QED) is 0.177. The van der Waals surface area contributed by atoms with Crippen LogP contribution in [0.4, 0.5) is 32.4 Å². The fourth-order valence-electron chi connectivity index (χ4n) is 5.01. The Kier molecular flexibility index (Phi) is 12.5. The van der Waals surface area contributed by atoms with Crippen LogP contribution in [0.1, 0.15) is 36.8 Å². The van der Waals surface area contributed by atoms with Gasteiger partial charge in [-0.1, -0.05) is 43.7 Å². The molecule has 47 heavy (non-hydrogen) atoms. The molecule has 0 saturated carbocycles. The van der Waals surface area contributed by atoms with Gasteiger partial charge in [0, 0.05) is 18.9 Å². The number of para-hydroxylation sites is 1. The third-order valence-electron chi connectivity index (χ3n) is 7.45. The lowest BCUT2D eigenvalue weighted by atomic mass is 9.85. The predicted molar refractivity (Wildman–Crippen MR) is 164 cm³/mol. The minimum absolute atomic E-state index is 0.00739. The molecule has 1 fully saturated rings. The lowest BCUT2D eigenvalue weighted by molar-refractivity contribution is -0.117. The van der Waals surface area contributed by atoms with Gasteiger partial charge in [-0.05, 0) is 47.5 Å². The van der Waals surface area contributed by atoms with Crippen molar-refractivity contribution in [1.82, 2.24) is 10.6 Å². The zero-order valence-corrected chi connectivity index (χ0v) is 25.6. The van der Waals surface area contributed by atoms with Crippen LogP contribution in [-0.4, -0.2) is 69.0 Å². The van der Waals surface area contributed by atoms with E-state index >= 15 is 0 Å². The van der Waals surface area contributed by atoms with E-state index in [1.165, 1.54) is 60.7 Å². The third-order valence-corrected chi connectivity index (χ3v) is 7.45. The van der Waals surface area contributed by atoms with Crippen molar-refractivity contribution in [3.8, 4) is 5.75 Å². The van der Waals surface area contributed by atoms with Crippen molar-refractivity contribution >= 4 is 17.7 Å². The number of hydrogen-bond donors (Lipinski definition) is 4. The molecule has 4 rings (SSSR count). The molecule has 254 valence electrons. The van der Waals surface area contributed by atoms with Gasteiger partial charge < -0.3 is 35.9 Å². The number of carbonyl (C=O) groups excluding carboxylic acids is 2. The van der Waals surface area contributed by atoms with Crippen molar-refractivity contribution in [3.05, 3.63) is 95.3 Å². The van der Waals surface area contributed by atoms with Gasteiger partial charge >= 0.3 is 6.09 Å². The van der Waals surface area contributed by atoms with Gasteiger partial charge in [0.1, 0.15) is 31.0 Å². The van der Waals surface area contributed by atoms with Crippen molar-refractivity contribution in [2.24, 2.45) is 5.73 Å². The summed E-state index contributed by atoms with van der Waals surface area (Å²) in [5.74, 6) is -6.48. The minimum Gasteiger partial charge on any atom is -0.486 e. The Labute approximate surface area is 268 Å². The summed E-state index contributed by atoms with van der Waals surface area (Å²) >= 11 is 0. The largest absolute Gasteiger partial charge is 0.486 e. The molecule has 5 N–H and O–H groups in total. The molecule has 2 amide bonds. The van der Waals surface area contributed by atoms with Crippen LogP contribution in [0.25, 0.3) is 0 Å². The number of morpholine rings is 1. The molecule has 3 aromatic carbocycles. The molecule has 0 radical (unpaired) electrons. The van der Waals surface area contributed by atoms with E-state index in [1.54, 1.807) is 6.92 Å². The fourth-order valence-corrected chi connectivity index (χ4v) is 5.01. The number of ether oxygens (including phenoxy) is 3. The van der Waals surface area contributed by atoms with Crippen LogP contribution < -0.4 is 26.4 Å². The third kappa shape index (κ3) is 10.4. The molecule has 0 spiro atoms. The highest BCUT2D eigenvalue weighted by Crippen LogP contribution is 2.32. The number of hydrogen-bond acceptors (Lipinski definition) is 7. The van der Waals surface area contributed by atoms with Crippen LogP contribution in [0.2, 0.25) is 0 Å². The van der Waals surface area contributed by atoms with Crippen LogP contribution in [0.3, 0.4) is 0 Å². The van der Waals surface area contributed by atoms with Crippen molar-refractivity contribution in [2.75, 3.05) is 38.2 Å². The zero-order chi connectivity index (χ0) is 34.0. The maximum absolute atomic E-state index is 14.9. The molecule has 1 aliphatic heterocycles. The first-order chi connectivity index (χ1) is 22.5. The van der Waals surface area contributed by atoms with Gasteiger partial charge in [-0.2, -0.15) is 0 Å². The minimum atomic E-state index is -3.02. The second-order valence-electron chi connectivity index (χ2n) is 11.1. The van der Waals surface area contributed by atoms with Crippen LogP contribution in [0, 0.1) is 17.5 Å². The van der Waals surface area contributed by atoms with Crippen molar-refractivity contribution in [1.29, 1.82) is 0 Å². The van der Waals surface area contributed by atoms with Gasteiger partial charge in [0.25, 0.3) is 5.92 Å². The normalized spacial score (nSPS) is 17.2. The molecule has 9 nitrogen and oxygen atoms in total. The summed E-state index contributed by atoms with van der Waals surface area (Å²) in [4.78, 5) is 25.2. The zero-order valence-electron chi connectivity index (χ0n) is 25.6. The van der Waals surface area contributed by atoms with Gasteiger partial charge in [-0.3, -0.25) is 4.79 Å². The molecule has 1 saturated heterocycles. The average molecular weight is 665 g/mol. The first-order valence-corrected chi connectivity index (χ1v) is 15.1. The summed E-state index contributed by atoms with van der Waals surface area (Å²) in [6, 6.07) is 13.1. The maximum Gasteiger partial charge on any atom is 0.407 e. The first kappa shape index (κ1) is 35.6. The Morgan fingerprint density at radius 1 is 1.00 bits per heavy atom. The van der Waals surface area contributed by atoms with Gasteiger partial charge in [-0.25, -0.2) is 26.7 Å². The SMILES string of the molecule is CCCC(F)(F)CNC(=O)OCC1COC(COc2c(F)cccc2NC(=O)C(N)C(c2ccc(F)cc2)c2ccc(F)cc2)CN1. The van der Waals surface area contributed by atoms with Crippen molar-refractivity contribution < 1.29 is 45.8 Å². The molecule has 14 heteroatoms. The van der Waals surface area contributed by atoms with Crippen LogP contribution >= 0.6 is 0 Å². The summed E-state index contributed by atoms with van der Waals surface area (Å²) in [7, 11) is 0. The number of alkyl halides is 2. The molecular formula is C33H37F5N4O5. The molecule has 0 aromatic heterocycles. The summed E-state index contributed by atoms with van der Waals surface area (Å²) in [6.45, 7) is 0.895. The highest BCUT2D eigenvalue weighted by Gasteiger charge is 2.31. The number of nitrogens with one attached hydrogen (secondary N) is 3. The molecule has 3 atom stereocenters. The topological polar surface area (TPSA) is 124 Å². The monoisotopic (exact) mass is 664 g/mol. The molecular weight excluding hydrogens is 627 g/mol. The summed E-state index contributed by atoms with van der Waals surface area (Å²) in [5, 5.41) is 7.75. The summed E-state index contributed by atoms with van der Waals surface area (Å²) in [6.07, 6.45) is -1.58. The Bertz CT molecular complexity index is 1430. The maximum atomic E-state index is 14.9. The lowest BCUT2D eigenvalue weighted by Gasteiger charge is -2.30.